The van der Waals surface area contributed by atoms with Gasteiger partial charge in [0.1, 0.15) is 0 Å². The zero-order valence-electron chi connectivity index (χ0n) is 14.6. The first-order chi connectivity index (χ1) is 10.9. The molecule has 0 fully saturated rings. The molecular weight excluding hydrogens is 294 g/mol. The van der Waals surface area contributed by atoms with Crippen molar-refractivity contribution in [2.45, 2.75) is 39.3 Å². The Kier molecular flexibility index (Phi) is 4.11. The third-order valence-corrected chi connectivity index (χ3v) is 5.77. The maximum absolute atomic E-state index is 4.78. The number of benzene rings is 2. The van der Waals surface area contributed by atoms with E-state index in [1.807, 2.05) is 0 Å². The van der Waals surface area contributed by atoms with Crippen molar-refractivity contribution in [3.8, 4) is 11.3 Å². The summed E-state index contributed by atoms with van der Waals surface area (Å²) < 4.78 is 0. The first-order valence-electron chi connectivity index (χ1n) is 8.16. The lowest BCUT2D eigenvalue weighted by Gasteiger charge is -2.25. The van der Waals surface area contributed by atoms with Gasteiger partial charge in [-0.25, -0.2) is 0 Å². The molecular formula is C21H24NSi. The Morgan fingerprint density at radius 1 is 0.870 bits per heavy atom. The highest BCUT2D eigenvalue weighted by Gasteiger charge is 2.21. The molecule has 0 amide bonds. The highest BCUT2D eigenvalue weighted by molar-refractivity contribution is 6.71. The zero-order chi connectivity index (χ0) is 16.6. The van der Waals surface area contributed by atoms with Gasteiger partial charge in [0, 0.05) is 11.8 Å². The van der Waals surface area contributed by atoms with Gasteiger partial charge >= 0.3 is 0 Å². The largest absolute Gasteiger partial charge is 0.256 e. The van der Waals surface area contributed by atoms with Crippen molar-refractivity contribution in [2.24, 2.45) is 0 Å². The van der Waals surface area contributed by atoms with E-state index in [1.54, 1.807) is 0 Å². The molecule has 3 aromatic rings. The van der Waals surface area contributed by atoms with Crippen LogP contribution < -0.4 is 5.19 Å². The predicted molar refractivity (Wildman–Crippen MR) is 103 cm³/mol. The lowest BCUT2D eigenvalue weighted by atomic mass is 9.86. The van der Waals surface area contributed by atoms with Crippen LogP contribution in [0.1, 0.15) is 26.3 Å². The van der Waals surface area contributed by atoms with Gasteiger partial charge in [-0.1, -0.05) is 70.3 Å². The summed E-state index contributed by atoms with van der Waals surface area (Å²) in [6.07, 6.45) is 2.11. The Balaban J connectivity index is 2.15. The van der Waals surface area contributed by atoms with Gasteiger partial charge in [0.25, 0.3) is 0 Å². The third-order valence-electron chi connectivity index (χ3n) is 4.30. The van der Waals surface area contributed by atoms with Crippen LogP contribution in [0, 0.1) is 0 Å². The van der Waals surface area contributed by atoms with E-state index in [-0.39, 0.29) is 5.41 Å². The molecule has 0 aliphatic carbocycles. The van der Waals surface area contributed by atoms with Crippen molar-refractivity contribution in [1.29, 1.82) is 0 Å². The summed E-state index contributed by atoms with van der Waals surface area (Å²) >= 11 is 0. The number of nitrogens with zero attached hydrogens (tertiary/aromatic N) is 1. The minimum absolute atomic E-state index is 0.145. The molecule has 3 rings (SSSR count). The number of hydrogen-bond donors (Lipinski definition) is 0. The van der Waals surface area contributed by atoms with Crippen LogP contribution in [0.2, 0.25) is 13.1 Å². The van der Waals surface area contributed by atoms with E-state index in [4.69, 9.17) is 4.98 Å². The Morgan fingerprint density at radius 2 is 1.57 bits per heavy atom. The average Bonchev–Trinajstić information content (AvgIpc) is 2.53. The number of fused-ring (bicyclic) bond motifs is 1. The molecule has 1 aromatic heterocycles. The molecule has 2 heteroatoms. The van der Waals surface area contributed by atoms with Crippen molar-refractivity contribution in [3.05, 3.63) is 60.3 Å². The lowest BCUT2D eigenvalue weighted by molar-refractivity contribution is 0.593. The Labute approximate surface area is 141 Å². The molecule has 0 N–H and O–H groups in total. The molecule has 1 nitrogen and oxygen atoms in total. The maximum atomic E-state index is 4.78. The van der Waals surface area contributed by atoms with Crippen molar-refractivity contribution in [1.82, 2.24) is 4.98 Å². The molecule has 23 heavy (non-hydrogen) atoms. The van der Waals surface area contributed by atoms with Crippen LogP contribution in [0.25, 0.3) is 22.0 Å². The third kappa shape index (κ3) is 3.23. The lowest BCUT2D eigenvalue weighted by Crippen LogP contribution is -2.33. The first kappa shape index (κ1) is 15.9. The van der Waals surface area contributed by atoms with E-state index >= 15 is 0 Å². The quantitative estimate of drug-likeness (QED) is 0.595. The van der Waals surface area contributed by atoms with E-state index in [2.05, 4.69) is 88.6 Å². The van der Waals surface area contributed by atoms with Crippen LogP contribution in [0.4, 0.5) is 0 Å². The van der Waals surface area contributed by atoms with Crippen LogP contribution in [0.3, 0.4) is 0 Å². The van der Waals surface area contributed by atoms with Gasteiger partial charge in [0.15, 0.2) is 0 Å². The Morgan fingerprint density at radius 3 is 2.22 bits per heavy atom. The molecule has 0 bridgehead atoms. The molecule has 0 saturated carbocycles. The van der Waals surface area contributed by atoms with Gasteiger partial charge in [-0.2, -0.15) is 0 Å². The van der Waals surface area contributed by atoms with E-state index in [0.29, 0.717) is 0 Å². The average molecular weight is 319 g/mol. The molecule has 0 atom stereocenters. The standard InChI is InChI=1S/C21H24NSi/c1-21(2,3)18-13-19(22-14-20(18)23(4)5)17-11-10-15-8-6-7-9-16(15)12-17/h6-14H,1-5H3. The monoisotopic (exact) mass is 318 g/mol. The van der Waals surface area contributed by atoms with Crippen LogP contribution in [0.15, 0.2) is 54.7 Å². The predicted octanol–water partition coefficient (Wildman–Crippen LogP) is 5.16. The van der Waals surface area contributed by atoms with Gasteiger partial charge in [0.05, 0.1) is 14.5 Å². The maximum Gasteiger partial charge on any atom is 0.0816 e. The van der Waals surface area contributed by atoms with Crippen LogP contribution >= 0.6 is 0 Å². The molecule has 0 spiro atoms. The summed E-state index contributed by atoms with van der Waals surface area (Å²) in [5.74, 6) is 0. The molecule has 1 heterocycles. The topological polar surface area (TPSA) is 12.9 Å². The summed E-state index contributed by atoms with van der Waals surface area (Å²) in [5.41, 5.74) is 3.86. The summed E-state index contributed by atoms with van der Waals surface area (Å²) in [6, 6.07) is 17.4. The minimum atomic E-state index is -0.519. The Hall–Kier alpha value is -1.93. The van der Waals surface area contributed by atoms with E-state index in [0.717, 1.165) is 5.69 Å². The summed E-state index contributed by atoms with van der Waals surface area (Å²) in [5, 5.41) is 3.99. The fraction of sp³-hybridized carbons (Fsp3) is 0.286. The fourth-order valence-corrected chi connectivity index (χ4v) is 4.29. The number of rotatable bonds is 2. The second kappa shape index (κ2) is 5.93. The van der Waals surface area contributed by atoms with Crippen molar-refractivity contribution in [3.63, 3.8) is 0 Å². The molecule has 0 saturated heterocycles. The molecule has 0 aliphatic heterocycles. The highest BCUT2D eigenvalue weighted by atomic mass is 28.3. The molecule has 2 aromatic carbocycles. The van der Waals surface area contributed by atoms with Gasteiger partial charge in [-0.15, -0.1) is 0 Å². The first-order valence-corrected chi connectivity index (χ1v) is 10.7. The fourth-order valence-electron chi connectivity index (χ4n) is 2.98. The summed E-state index contributed by atoms with van der Waals surface area (Å²) in [7, 11) is -0.519. The van der Waals surface area contributed by atoms with Crippen LogP contribution in [0.5, 0.6) is 0 Å². The molecule has 117 valence electrons. The number of aromatic nitrogens is 1. The molecule has 1 radical (unpaired) electrons. The second-order valence-electron chi connectivity index (χ2n) is 7.43. The normalized spacial score (nSPS) is 12.1. The highest BCUT2D eigenvalue weighted by Crippen LogP contribution is 2.27. The van der Waals surface area contributed by atoms with Crippen molar-refractivity contribution < 1.29 is 0 Å². The van der Waals surface area contributed by atoms with Crippen molar-refractivity contribution in [2.75, 3.05) is 0 Å². The smallest absolute Gasteiger partial charge is 0.0816 e. The summed E-state index contributed by atoms with van der Waals surface area (Å²) in [4.78, 5) is 4.78. The van der Waals surface area contributed by atoms with Crippen LogP contribution in [-0.2, 0) is 5.41 Å². The van der Waals surface area contributed by atoms with E-state index in [1.165, 1.54) is 27.1 Å². The Bertz CT molecular complexity index is 844. The molecule has 0 aliphatic rings. The van der Waals surface area contributed by atoms with Gasteiger partial charge in [-0.3, -0.25) is 4.98 Å². The zero-order valence-corrected chi connectivity index (χ0v) is 15.6. The van der Waals surface area contributed by atoms with Crippen LogP contribution in [-0.4, -0.2) is 13.8 Å². The second-order valence-corrected chi connectivity index (χ2v) is 9.97. The minimum Gasteiger partial charge on any atom is -0.256 e. The SMILES string of the molecule is C[Si](C)c1cnc(-c2ccc3ccccc3c2)cc1C(C)(C)C. The van der Waals surface area contributed by atoms with Gasteiger partial charge < -0.3 is 0 Å². The molecule has 0 unspecified atom stereocenters. The van der Waals surface area contributed by atoms with E-state index < -0.39 is 8.80 Å². The van der Waals surface area contributed by atoms with Gasteiger partial charge in [-0.05, 0) is 39.1 Å². The van der Waals surface area contributed by atoms with Gasteiger partial charge in [0.2, 0.25) is 0 Å². The summed E-state index contributed by atoms with van der Waals surface area (Å²) in [6.45, 7) is 11.6. The number of hydrogen-bond acceptors (Lipinski definition) is 1. The number of pyridine rings is 1. The van der Waals surface area contributed by atoms with Crippen molar-refractivity contribution >= 4 is 24.8 Å². The van der Waals surface area contributed by atoms with E-state index in [9.17, 15) is 0 Å².